The number of carbonyl (C=O) groups is 1. The standard InChI is InChI=1S/C17H21BrO2/c1-10-6-7-17(5,12(10)3)14-9-15(18)11(2)8-16(14)20-13(4)19/h8-10H,3,6-7H2,1-2,4-5H3/t10-,17+/m0/s1. The Kier molecular flexibility index (Phi) is 4.10. The van der Waals surface area contributed by atoms with Gasteiger partial charge in [0.1, 0.15) is 5.75 Å². The van der Waals surface area contributed by atoms with Gasteiger partial charge in [0.15, 0.2) is 0 Å². The first-order chi connectivity index (χ1) is 9.25. The fourth-order valence-corrected chi connectivity index (χ4v) is 3.36. The Labute approximate surface area is 129 Å². The van der Waals surface area contributed by atoms with Crippen molar-refractivity contribution in [3.05, 3.63) is 39.9 Å². The minimum atomic E-state index is -0.284. The van der Waals surface area contributed by atoms with Gasteiger partial charge in [-0.25, -0.2) is 0 Å². The SMILES string of the molecule is C=C1[C@@H](C)CC[C@@]1(C)c1cc(Br)c(C)cc1OC(C)=O. The summed E-state index contributed by atoms with van der Waals surface area (Å²) in [5.41, 5.74) is 3.21. The van der Waals surface area contributed by atoms with Gasteiger partial charge in [-0.15, -0.1) is 0 Å². The Morgan fingerprint density at radius 3 is 2.65 bits per heavy atom. The summed E-state index contributed by atoms with van der Waals surface area (Å²) in [5, 5.41) is 0. The molecule has 0 aliphatic heterocycles. The van der Waals surface area contributed by atoms with Crippen molar-refractivity contribution in [3.8, 4) is 5.75 Å². The highest BCUT2D eigenvalue weighted by atomic mass is 79.9. The summed E-state index contributed by atoms with van der Waals surface area (Å²) < 4.78 is 6.48. The monoisotopic (exact) mass is 336 g/mol. The van der Waals surface area contributed by atoms with Crippen molar-refractivity contribution in [3.63, 3.8) is 0 Å². The number of esters is 1. The Bertz CT molecular complexity index is 577. The summed E-state index contributed by atoms with van der Waals surface area (Å²) in [7, 11) is 0. The maximum atomic E-state index is 11.4. The van der Waals surface area contributed by atoms with Gasteiger partial charge in [-0.3, -0.25) is 4.79 Å². The first-order valence-corrected chi connectivity index (χ1v) is 7.73. The summed E-state index contributed by atoms with van der Waals surface area (Å²) in [6.45, 7) is 12.1. The molecule has 1 fully saturated rings. The molecule has 20 heavy (non-hydrogen) atoms. The van der Waals surface area contributed by atoms with Crippen molar-refractivity contribution < 1.29 is 9.53 Å². The van der Waals surface area contributed by atoms with Crippen LogP contribution in [0.3, 0.4) is 0 Å². The van der Waals surface area contributed by atoms with E-state index in [1.807, 2.05) is 13.0 Å². The van der Waals surface area contributed by atoms with Gasteiger partial charge < -0.3 is 4.74 Å². The number of benzene rings is 1. The average molecular weight is 337 g/mol. The van der Waals surface area contributed by atoms with E-state index in [-0.39, 0.29) is 11.4 Å². The summed E-state index contributed by atoms with van der Waals surface area (Å²) in [4.78, 5) is 11.4. The fourth-order valence-electron chi connectivity index (χ4n) is 3.02. The highest BCUT2D eigenvalue weighted by molar-refractivity contribution is 9.10. The zero-order chi connectivity index (χ0) is 15.1. The van der Waals surface area contributed by atoms with Crippen molar-refractivity contribution in [1.82, 2.24) is 0 Å². The second kappa shape index (κ2) is 5.36. The molecule has 108 valence electrons. The second-order valence-corrected chi connectivity index (χ2v) is 6.84. The third-order valence-corrected chi connectivity index (χ3v) is 5.34. The minimum Gasteiger partial charge on any atom is -0.426 e. The Morgan fingerprint density at radius 2 is 2.15 bits per heavy atom. The summed E-state index contributed by atoms with van der Waals surface area (Å²) in [6.07, 6.45) is 2.16. The van der Waals surface area contributed by atoms with Gasteiger partial charge >= 0.3 is 5.97 Å². The molecule has 0 amide bonds. The number of ether oxygens (including phenoxy) is 1. The maximum Gasteiger partial charge on any atom is 0.308 e. The summed E-state index contributed by atoms with van der Waals surface area (Å²) in [5.74, 6) is 0.884. The predicted octanol–water partition coefficient (Wildman–Crippen LogP) is 4.93. The van der Waals surface area contributed by atoms with Crippen LogP contribution in [-0.4, -0.2) is 5.97 Å². The van der Waals surface area contributed by atoms with Crippen molar-refractivity contribution >= 4 is 21.9 Å². The lowest BCUT2D eigenvalue weighted by atomic mass is 9.76. The molecule has 2 rings (SSSR count). The van der Waals surface area contributed by atoms with Gasteiger partial charge in [-0.05, 0) is 43.4 Å². The first kappa shape index (κ1) is 15.3. The number of hydrogen-bond donors (Lipinski definition) is 0. The van der Waals surface area contributed by atoms with E-state index in [4.69, 9.17) is 4.74 Å². The van der Waals surface area contributed by atoms with Gasteiger partial charge in [-0.2, -0.15) is 0 Å². The normalized spacial score (nSPS) is 25.9. The molecule has 0 unspecified atom stereocenters. The number of aryl methyl sites for hydroxylation is 1. The lowest BCUT2D eigenvalue weighted by Gasteiger charge is -2.29. The second-order valence-electron chi connectivity index (χ2n) is 5.99. The topological polar surface area (TPSA) is 26.3 Å². The van der Waals surface area contributed by atoms with Crippen LogP contribution in [0.2, 0.25) is 0 Å². The maximum absolute atomic E-state index is 11.4. The molecule has 0 aromatic heterocycles. The van der Waals surface area contributed by atoms with Gasteiger partial charge in [0.2, 0.25) is 0 Å². The molecule has 2 atom stereocenters. The zero-order valence-corrected chi connectivity index (χ0v) is 14.1. The van der Waals surface area contributed by atoms with Crippen molar-refractivity contribution in [2.24, 2.45) is 5.92 Å². The van der Waals surface area contributed by atoms with Gasteiger partial charge in [0.25, 0.3) is 0 Å². The van der Waals surface area contributed by atoms with E-state index in [1.165, 1.54) is 12.5 Å². The van der Waals surface area contributed by atoms with E-state index in [1.54, 1.807) is 0 Å². The summed E-state index contributed by atoms with van der Waals surface area (Å²) in [6, 6.07) is 4.01. The lowest BCUT2D eigenvalue weighted by Crippen LogP contribution is -2.22. The lowest BCUT2D eigenvalue weighted by molar-refractivity contribution is -0.131. The van der Waals surface area contributed by atoms with Crippen molar-refractivity contribution in [1.29, 1.82) is 0 Å². The molecule has 0 bridgehead atoms. The quantitative estimate of drug-likeness (QED) is 0.435. The first-order valence-electron chi connectivity index (χ1n) is 6.94. The van der Waals surface area contributed by atoms with E-state index in [0.717, 1.165) is 28.4 Å². The minimum absolute atomic E-state index is 0.125. The number of carbonyl (C=O) groups excluding carboxylic acids is 1. The largest absolute Gasteiger partial charge is 0.426 e. The molecule has 3 heteroatoms. The van der Waals surface area contributed by atoms with Crippen LogP contribution in [0.1, 0.15) is 44.7 Å². The molecule has 1 saturated carbocycles. The van der Waals surface area contributed by atoms with E-state index in [9.17, 15) is 4.79 Å². The molecule has 1 aliphatic rings. The molecular formula is C17H21BrO2. The molecule has 0 N–H and O–H groups in total. The third-order valence-electron chi connectivity index (χ3n) is 4.49. The molecule has 0 saturated heterocycles. The zero-order valence-electron chi connectivity index (χ0n) is 12.5. The van der Waals surface area contributed by atoms with Crippen LogP contribution in [0.25, 0.3) is 0 Å². The van der Waals surface area contributed by atoms with Crippen molar-refractivity contribution in [2.75, 3.05) is 0 Å². The Morgan fingerprint density at radius 1 is 1.50 bits per heavy atom. The van der Waals surface area contributed by atoms with Crippen molar-refractivity contribution in [2.45, 2.75) is 46.0 Å². The van der Waals surface area contributed by atoms with Crippen LogP contribution in [0, 0.1) is 12.8 Å². The Hall–Kier alpha value is -1.09. The predicted molar refractivity (Wildman–Crippen MR) is 85.1 cm³/mol. The van der Waals surface area contributed by atoms with E-state index in [0.29, 0.717) is 11.7 Å². The van der Waals surface area contributed by atoms with Crippen LogP contribution in [0.15, 0.2) is 28.8 Å². The van der Waals surface area contributed by atoms with Gasteiger partial charge in [0, 0.05) is 22.4 Å². The van der Waals surface area contributed by atoms with E-state index in [2.05, 4.69) is 42.4 Å². The smallest absolute Gasteiger partial charge is 0.308 e. The molecule has 0 heterocycles. The van der Waals surface area contributed by atoms with Gasteiger partial charge in [0.05, 0.1) is 0 Å². The number of hydrogen-bond acceptors (Lipinski definition) is 2. The molecule has 1 aromatic rings. The fraction of sp³-hybridized carbons (Fsp3) is 0.471. The average Bonchev–Trinajstić information content (AvgIpc) is 2.62. The van der Waals surface area contributed by atoms with Crippen LogP contribution in [0.4, 0.5) is 0 Å². The van der Waals surface area contributed by atoms with Gasteiger partial charge in [-0.1, -0.05) is 41.9 Å². The molecule has 1 aliphatic carbocycles. The molecule has 0 radical (unpaired) electrons. The van der Waals surface area contributed by atoms with Crippen LogP contribution in [-0.2, 0) is 10.2 Å². The van der Waals surface area contributed by atoms with E-state index >= 15 is 0 Å². The number of rotatable bonds is 2. The highest BCUT2D eigenvalue weighted by Crippen LogP contribution is 2.50. The van der Waals surface area contributed by atoms with Crippen LogP contribution >= 0.6 is 15.9 Å². The van der Waals surface area contributed by atoms with Crippen LogP contribution < -0.4 is 4.74 Å². The highest BCUT2D eigenvalue weighted by Gasteiger charge is 2.40. The Balaban J connectivity index is 2.57. The molecule has 0 spiro atoms. The van der Waals surface area contributed by atoms with E-state index < -0.39 is 0 Å². The third kappa shape index (κ3) is 2.56. The summed E-state index contributed by atoms with van der Waals surface area (Å²) >= 11 is 3.58. The number of halogens is 1. The molecule has 2 nitrogen and oxygen atoms in total. The molecular weight excluding hydrogens is 316 g/mol. The molecule has 1 aromatic carbocycles. The van der Waals surface area contributed by atoms with Crippen LogP contribution in [0.5, 0.6) is 5.75 Å². The number of allylic oxidation sites excluding steroid dienone is 1.